The van der Waals surface area contributed by atoms with Crippen molar-refractivity contribution in [1.29, 1.82) is 0 Å². The zero-order chi connectivity index (χ0) is 25.5. The maximum absolute atomic E-state index is 14.9. The summed E-state index contributed by atoms with van der Waals surface area (Å²) < 4.78 is 81.6. The van der Waals surface area contributed by atoms with Crippen LogP contribution in [0.25, 0.3) is 0 Å². The number of alkyl halides is 1. The second-order valence-electron chi connectivity index (χ2n) is 8.14. The van der Waals surface area contributed by atoms with Gasteiger partial charge in [0.15, 0.2) is 0 Å². The van der Waals surface area contributed by atoms with Gasteiger partial charge in [-0.1, -0.05) is 12.7 Å². The SMILES string of the molecule is C=C(F)/C=C(F)\C(C(=O)NCC1(C2=C(F)C=CCC=N2)CCN(S(=O)(=O)CC)CC1)=C(/C)CF. The van der Waals surface area contributed by atoms with Crippen molar-refractivity contribution < 1.29 is 30.8 Å². The lowest BCUT2D eigenvalue weighted by Crippen LogP contribution is -2.49. The maximum atomic E-state index is 14.9. The summed E-state index contributed by atoms with van der Waals surface area (Å²) in [5.74, 6) is -4.16. The van der Waals surface area contributed by atoms with Crippen LogP contribution in [0, 0.1) is 5.41 Å². The molecule has 1 N–H and O–H groups in total. The molecule has 0 atom stereocenters. The second-order valence-corrected chi connectivity index (χ2v) is 10.4. The number of sulfonamides is 1. The van der Waals surface area contributed by atoms with Crippen molar-refractivity contribution >= 4 is 22.1 Å². The zero-order valence-corrected chi connectivity index (χ0v) is 20.0. The molecule has 0 spiro atoms. The summed E-state index contributed by atoms with van der Waals surface area (Å²) in [5.41, 5.74) is -1.98. The first-order chi connectivity index (χ1) is 16.0. The lowest BCUT2D eigenvalue weighted by Gasteiger charge is -2.41. The Hall–Kier alpha value is -2.53. The molecular weight excluding hydrogens is 474 g/mol. The Morgan fingerprint density at radius 2 is 1.97 bits per heavy atom. The van der Waals surface area contributed by atoms with Gasteiger partial charge in [-0.2, -0.15) is 0 Å². The highest BCUT2D eigenvalue weighted by Crippen LogP contribution is 2.42. The predicted octanol–water partition coefficient (Wildman–Crippen LogP) is 4.37. The van der Waals surface area contributed by atoms with Crippen LogP contribution in [0.2, 0.25) is 0 Å². The van der Waals surface area contributed by atoms with Crippen LogP contribution in [0.1, 0.15) is 33.1 Å². The number of carbonyl (C=O) groups is 1. The third kappa shape index (κ3) is 6.53. The van der Waals surface area contributed by atoms with Gasteiger partial charge in [-0.25, -0.2) is 30.3 Å². The number of allylic oxidation sites excluding steroid dienone is 6. The fourth-order valence-electron chi connectivity index (χ4n) is 3.90. The Kier molecular flexibility index (Phi) is 9.57. The number of carbonyl (C=O) groups excluding carboxylic acids is 1. The third-order valence-corrected chi connectivity index (χ3v) is 7.74. The van der Waals surface area contributed by atoms with E-state index in [1.165, 1.54) is 30.4 Å². The lowest BCUT2D eigenvalue weighted by atomic mass is 9.75. The minimum absolute atomic E-state index is 0.0518. The Bertz CT molecular complexity index is 1070. The van der Waals surface area contributed by atoms with Gasteiger partial charge in [0.05, 0.1) is 17.0 Å². The molecule has 1 amide bonds. The quantitative estimate of drug-likeness (QED) is 0.288. The molecule has 188 valence electrons. The summed E-state index contributed by atoms with van der Waals surface area (Å²) in [6.45, 7) is 4.41. The molecule has 2 rings (SSSR count). The molecule has 2 heterocycles. The predicted molar refractivity (Wildman–Crippen MR) is 124 cm³/mol. The Balaban J connectivity index is 2.40. The molecule has 6 nitrogen and oxygen atoms in total. The molecule has 0 aromatic heterocycles. The van der Waals surface area contributed by atoms with Crippen molar-refractivity contribution in [2.45, 2.75) is 33.1 Å². The molecule has 0 aliphatic carbocycles. The van der Waals surface area contributed by atoms with Gasteiger partial charge in [0.25, 0.3) is 5.91 Å². The Morgan fingerprint density at radius 1 is 1.32 bits per heavy atom. The number of hydrogen-bond acceptors (Lipinski definition) is 4. The normalized spacial score (nSPS) is 20.1. The smallest absolute Gasteiger partial charge is 0.254 e. The van der Waals surface area contributed by atoms with E-state index >= 15 is 0 Å². The van der Waals surface area contributed by atoms with Gasteiger partial charge in [-0.15, -0.1) is 0 Å². The number of amides is 1. The average Bonchev–Trinajstić information content (AvgIpc) is 3.02. The standard InChI is InChI=1S/C23H29F4N3O3S/c1-4-34(32,33)30-11-8-23(9-12-30,21-18(26)7-5-6-10-28-21)15-29-22(31)20(16(2)14-24)19(27)13-17(3)25/h5,7,10,13H,3-4,6,8-9,11-12,14-15H2,1-2H3,(H,29,31)/b19-13+,20-16-. The van der Waals surface area contributed by atoms with Crippen LogP contribution in [0.5, 0.6) is 0 Å². The molecule has 0 aromatic carbocycles. The van der Waals surface area contributed by atoms with Crippen molar-refractivity contribution in [2.75, 3.05) is 32.1 Å². The van der Waals surface area contributed by atoms with E-state index in [0.717, 1.165) is 0 Å². The highest BCUT2D eigenvalue weighted by atomic mass is 32.2. The molecule has 34 heavy (non-hydrogen) atoms. The summed E-state index contributed by atoms with van der Waals surface area (Å²) in [7, 11) is -3.47. The average molecular weight is 504 g/mol. The number of nitrogens with one attached hydrogen (secondary N) is 1. The third-order valence-electron chi connectivity index (χ3n) is 5.86. The number of aliphatic imine (C=N–C) groups is 1. The molecule has 2 aliphatic heterocycles. The van der Waals surface area contributed by atoms with E-state index in [-0.39, 0.29) is 49.5 Å². The summed E-state index contributed by atoms with van der Waals surface area (Å²) in [6.07, 6.45) is 5.38. The van der Waals surface area contributed by atoms with Crippen LogP contribution >= 0.6 is 0 Å². The number of piperidine rings is 1. The van der Waals surface area contributed by atoms with Crippen molar-refractivity contribution in [3.63, 3.8) is 0 Å². The van der Waals surface area contributed by atoms with Gasteiger partial charge in [-0.3, -0.25) is 9.79 Å². The van der Waals surface area contributed by atoms with E-state index in [0.29, 0.717) is 12.5 Å². The van der Waals surface area contributed by atoms with Crippen LogP contribution in [-0.2, 0) is 14.8 Å². The fourth-order valence-corrected chi connectivity index (χ4v) is 5.00. The molecule has 0 bridgehead atoms. The molecule has 0 radical (unpaired) electrons. The number of hydrogen-bond donors (Lipinski definition) is 1. The van der Waals surface area contributed by atoms with Crippen molar-refractivity contribution in [3.05, 3.63) is 59.1 Å². The van der Waals surface area contributed by atoms with E-state index in [9.17, 15) is 30.8 Å². The van der Waals surface area contributed by atoms with Gasteiger partial charge in [0, 0.05) is 43.8 Å². The monoisotopic (exact) mass is 503 g/mol. The van der Waals surface area contributed by atoms with Gasteiger partial charge < -0.3 is 5.32 Å². The van der Waals surface area contributed by atoms with Crippen molar-refractivity contribution in [3.8, 4) is 0 Å². The van der Waals surface area contributed by atoms with Gasteiger partial charge in [-0.05, 0) is 38.3 Å². The summed E-state index contributed by atoms with van der Waals surface area (Å²) in [6, 6.07) is 0. The fraction of sp³-hybridized carbons (Fsp3) is 0.478. The Morgan fingerprint density at radius 3 is 2.53 bits per heavy atom. The molecule has 1 fully saturated rings. The van der Waals surface area contributed by atoms with E-state index in [2.05, 4.69) is 16.9 Å². The summed E-state index contributed by atoms with van der Waals surface area (Å²) >= 11 is 0. The largest absolute Gasteiger partial charge is 0.351 e. The van der Waals surface area contributed by atoms with Crippen LogP contribution in [0.4, 0.5) is 17.6 Å². The number of rotatable bonds is 9. The molecule has 1 saturated heterocycles. The second kappa shape index (κ2) is 11.7. The van der Waals surface area contributed by atoms with Gasteiger partial charge in [0.1, 0.15) is 24.2 Å². The first kappa shape index (κ1) is 27.7. The minimum Gasteiger partial charge on any atom is -0.351 e. The molecule has 0 saturated carbocycles. The van der Waals surface area contributed by atoms with Crippen molar-refractivity contribution in [1.82, 2.24) is 9.62 Å². The van der Waals surface area contributed by atoms with E-state index in [4.69, 9.17) is 0 Å². The molecule has 11 heteroatoms. The molecule has 2 aliphatic rings. The van der Waals surface area contributed by atoms with Gasteiger partial charge in [0.2, 0.25) is 10.0 Å². The zero-order valence-electron chi connectivity index (χ0n) is 19.2. The molecular formula is C23H29F4N3O3S. The van der Waals surface area contributed by atoms with Crippen LogP contribution < -0.4 is 5.32 Å². The van der Waals surface area contributed by atoms with E-state index in [1.54, 1.807) is 6.08 Å². The van der Waals surface area contributed by atoms with E-state index < -0.39 is 51.1 Å². The highest BCUT2D eigenvalue weighted by Gasteiger charge is 2.42. The molecule has 0 unspecified atom stereocenters. The molecule has 0 aromatic rings. The summed E-state index contributed by atoms with van der Waals surface area (Å²) in [4.78, 5) is 17.1. The highest BCUT2D eigenvalue weighted by molar-refractivity contribution is 7.89. The first-order valence-corrected chi connectivity index (χ1v) is 12.4. The number of halogens is 4. The van der Waals surface area contributed by atoms with Crippen LogP contribution in [0.15, 0.2) is 64.1 Å². The lowest BCUT2D eigenvalue weighted by molar-refractivity contribution is -0.118. The number of nitrogens with zero attached hydrogens (tertiary/aromatic N) is 2. The van der Waals surface area contributed by atoms with Crippen LogP contribution in [-0.4, -0.2) is 56.9 Å². The van der Waals surface area contributed by atoms with Gasteiger partial charge >= 0.3 is 0 Å². The topological polar surface area (TPSA) is 78.8 Å². The maximum Gasteiger partial charge on any atom is 0.254 e. The first-order valence-electron chi connectivity index (χ1n) is 10.8. The minimum atomic E-state index is -3.47. The Labute approximate surface area is 197 Å². The van der Waals surface area contributed by atoms with E-state index in [1.807, 2.05) is 0 Å². The summed E-state index contributed by atoms with van der Waals surface area (Å²) in [5, 5.41) is 2.51. The van der Waals surface area contributed by atoms with Crippen molar-refractivity contribution in [2.24, 2.45) is 10.4 Å². The van der Waals surface area contributed by atoms with Crippen LogP contribution in [0.3, 0.4) is 0 Å².